The summed E-state index contributed by atoms with van der Waals surface area (Å²) >= 11 is 0. The third kappa shape index (κ3) is 5.17. The average molecular weight is 256 g/mol. The van der Waals surface area contributed by atoms with Gasteiger partial charge in [0, 0.05) is 12.0 Å². The van der Waals surface area contributed by atoms with E-state index in [1.807, 2.05) is 0 Å². The molecule has 0 fully saturated rings. The molecule has 4 heteroatoms. The van der Waals surface area contributed by atoms with Gasteiger partial charge in [0.2, 0.25) is 0 Å². The molecule has 18 heavy (non-hydrogen) atoms. The number of halogens is 3. The van der Waals surface area contributed by atoms with Crippen molar-refractivity contribution in [2.75, 3.05) is 0 Å². The molecule has 1 aromatic carbocycles. The summed E-state index contributed by atoms with van der Waals surface area (Å²) in [6, 6.07) is 5.75. The predicted molar refractivity (Wildman–Crippen MR) is 64.6 cm³/mol. The van der Waals surface area contributed by atoms with E-state index in [1.165, 1.54) is 18.2 Å². The number of rotatable bonds is 6. The number of hydrogen-bond donors (Lipinski definition) is 0. The molecule has 0 unspecified atom stereocenters. The van der Waals surface area contributed by atoms with Crippen LogP contribution in [0.2, 0.25) is 0 Å². The minimum absolute atomic E-state index is 0.122. The first-order valence-electron chi connectivity index (χ1n) is 5.72. The monoisotopic (exact) mass is 256 g/mol. The van der Waals surface area contributed by atoms with E-state index in [0.29, 0.717) is 18.4 Å². The molecule has 1 nitrogen and oxygen atoms in total. The van der Waals surface area contributed by atoms with Crippen LogP contribution in [0, 0.1) is 0 Å². The molecule has 98 valence electrons. The molecule has 0 aliphatic rings. The van der Waals surface area contributed by atoms with Gasteiger partial charge in [0.15, 0.2) is 5.78 Å². The Hall–Kier alpha value is -1.58. The quantitative estimate of drug-likeness (QED) is 0.420. The van der Waals surface area contributed by atoms with E-state index in [4.69, 9.17) is 0 Å². The van der Waals surface area contributed by atoms with Gasteiger partial charge >= 0.3 is 6.18 Å². The maximum absolute atomic E-state index is 12.2. The Labute approximate surface area is 104 Å². The van der Waals surface area contributed by atoms with Crippen LogP contribution >= 0.6 is 0 Å². The van der Waals surface area contributed by atoms with Crippen LogP contribution in [0.1, 0.15) is 35.2 Å². The van der Waals surface area contributed by atoms with Crippen LogP contribution in [0.5, 0.6) is 0 Å². The number of Topliss-reactive ketones (excluding diaryl/α,β-unsaturated/α-hetero) is 1. The number of unbranched alkanes of at least 4 members (excludes halogenated alkanes) is 1. The molecule has 0 aromatic heterocycles. The standard InChI is InChI=1S/C14H15F3O/c1-2-3-4-8-13(18)12-7-5-6-11(9-12)10-14(15,16)17/h2,5-7,9H,1,3-4,8,10H2. The minimum Gasteiger partial charge on any atom is -0.294 e. The zero-order valence-electron chi connectivity index (χ0n) is 9.96. The van der Waals surface area contributed by atoms with Gasteiger partial charge in [0.05, 0.1) is 6.42 Å². The molecular weight excluding hydrogens is 241 g/mol. The summed E-state index contributed by atoms with van der Waals surface area (Å²) in [7, 11) is 0. The number of benzene rings is 1. The first-order chi connectivity index (χ1) is 8.42. The zero-order chi connectivity index (χ0) is 13.6. The number of alkyl halides is 3. The lowest BCUT2D eigenvalue weighted by molar-refractivity contribution is -0.127. The SMILES string of the molecule is C=CCCCC(=O)c1cccc(CC(F)(F)F)c1. The van der Waals surface area contributed by atoms with Crippen LogP contribution in [0.15, 0.2) is 36.9 Å². The van der Waals surface area contributed by atoms with Crippen LogP contribution in [0.3, 0.4) is 0 Å². The molecule has 0 saturated carbocycles. The maximum atomic E-state index is 12.2. The first kappa shape index (κ1) is 14.5. The Balaban J connectivity index is 2.69. The summed E-state index contributed by atoms with van der Waals surface area (Å²) in [5.41, 5.74) is 0.470. The van der Waals surface area contributed by atoms with Gasteiger partial charge in [-0.2, -0.15) is 13.2 Å². The smallest absolute Gasteiger partial charge is 0.294 e. The molecule has 0 bridgehead atoms. The van der Waals surface area contributed by atoms with Crippen LogP contribution in [0.25, 0.3) is 0 Å². The van der Waals surface area contributed by atoms with E-state index in [-0.39, 0.29) is 11.3 Å². The highest BCUT2D eigenvalue weighted by Gasteiger charge is 2.27. The van der Waals surface area contributed by atoms with Gasteiger partial charge in [-0.25, -0.2) is 0 Å². The summed E-state index contributed by atoms with van der Waals surface area (Å²) in [6.07, 6.45) is -1.79. The average Bonchev–Trinajstić information content (AvgIpc) is 2.27. The van der Waals surface area contributed by atoms with Gasteiger partial charge in [-0.05, 0) is 24.5 Å². The van der Waals surface area contributed by atoms with Gasteiger partial charge in [-0.3, -0.25) is 4.79 Å². The molecule has 0 N–H and O–H groups in total. The van der Waals surface area contributed by atoms with Crippen molar-refractivity contribution in [1.29, 1.82) is 0 Å². The number of carbonyl (C=O) groups excluding carboxylic acids is 1. The fraction of sp³-hybridized carbons (Fsp3) is 0.357. The van der Waals surface area contributed by atoms with Crippen LogP contribution in [0.4, 0.5) is 13.2 Å². The van der Waals surface area contributed by atoms with Gasteiger partial charge in [0.25, 0.3) is 0 Å². The van der Waals surface area contributed by atoms with Gasteiger partial charge in [-0.15, -0.1) is 6.58 Å². The highest BCUT2D eigenvalue weighted by atomic mass is 19.4. The predicted octanol–water partition coefficient (Wildman–Crippen LogP) is 4.33. The summed E-state index contributed by atoms with van der Waals surface area (Å²) in [5.74, 6) is -0.124. The van der Waals surface area contributed by atoms with Crippen LogP contribution in [-0.4, -0.2) is 12.0 Å². The van der Waals surface area contributed by atoms with Crippen molar-refractivity contribution < 1.29 is 18.0 Å². The fourth-order valence-electron chi connectivity index (χ4n) is 1.64. The Bertz CT molecular complexity index is 421. The molecule has 0 aliphatic carbocycles. The summed E-state index contributed by atoms with van der Waals surface area (Å²) in [4.78, 5) is 11.7. The van der Waals surface area contributed by atoms with Crippen molar-refractivity contribution in [2.24, 2.45) is 0 Å². The van der Waals surface area contributed by atoms with Crippen molar-refractivity contribution in [3.05, 3.63) is 48.0 Å². The van der Waals surface area contributed by atoms with E-state index < -0.39 is 12.6 Å². The largest absolute Gasteiger partial charge is 0.393 e. The summed E-state index contributed by atoms with van der Waals surface area (Å²) < 4.78 is 36.7. The Morgan fingerprint density at radius 3 is 2.67 bits per heavy atom. The first-order valence-corrected chi connectivity index (χ1v) is 5.72. The van der Waals surface area contributed by atoms with E-state index in [0.717, 1.165) is 6.42 Å². The van der Waals surface area contributed by atoms with Crippen LogP contribution < -0.4 is 0 Å². The van der Waals surface area contributed by atoms with Gasteiger partial charge < -0.3 is 0 Å². The summed E-state index contributed by atoms with van der Waals surface area (Å²) in [5, 5.41) is 0. The number of hydrogen-bond acceptors (Lipinski definition) is 1. The second kappa shape index (κ2) is 6.38. The summed E-state index contributed by atoms with van der Waals surface area (Å²) in [6.45, 7) is 3.55. The Morgan fingerprint density at radius 2 is 2.06 bits per heavy atom. The third-order valence-corrected chi connectivity index (χ3v) is 2.47. The number of allylic oxidation sites excluding steroid dienone is 1. The third-order valence-electron chi connectivity index (χ3n) is 2.47. The molecule has 0 radical (unpaired) electrons. The van der Waals surface area contributed by atoms with Crippen molar-refractivity contribution in [2.45, 2.75) is 31.9 Å². The highest BCUT2D eigenvalue weighted by molar-refractivity contribution is 5.96. The van der Waals surface area contributed by atoms with Crippen molar-refractivity contribution in [3.8, 4) is 0 Å². The Morgan fingerprint density at radius 1 is 1.33 bits per heavy atom. The lowest BCUT2D eigenvalue weighted by Gasteiger charge is -2.07. The van der Waals surface area contributed by atoms with E-state index in [2.05, 4.69) is 6.58 Å². The molecule has 0 saturated heterocycles. The second-order valence-corrected chi connectivity index (χ2v) is 4.10. The van der Waals surface area contributed by atoms with Gasteiger partial charge in [-0.1, -0.05) is 24.3 Å². The normalized spacial score (nSPS) is 11.3. The molecule has 0 amide bonds. The van der Waals surface area contributed by atoms with Gasteiger partial charge in [0.1, 0.15) is 0 Å². The maximum Gasteiger partial charge on any atom is 0.393 e. The number of carbonyl (C=O) groups is 1. The van der Waals surface area contributed by atoms with Crippen LogP contribution in [-0.2, 0) is 6.42 Å². The van der Waals surface area contributed by atoms with E-state index in [1.54, 1.807) is 12.1 Å². The highest BCUT2D eigenvalue weighted by Crippen LogP contribution is 2.22. The van der Waals surface area contributed by atoms with Crippen molar-refractivity contribution in [1.82, 2.24) is 0 Å². The second-order valence-electron chi connectivity index (χ2n) is 4.10. The fourth-order valence-corrected chi connectivity index (χ4v) is 1.64. The molecule has 1 aromatic rings. The zero-order valence-corrected chi connectivity index (χ0v) is 9.96. The molecule has 0 aliphatic heterocycles. The topological polar surface area (TPSA) is 17.1 Å². The Kier molecular flexibility index (Phi) is 5.13. The lowest BCUT2D eigenvalue weighted by Crippen LogP contribution is -2.12. The van der Waals surface area contributed by atoms with Crippen molar-refractivity contribution in [3.63, 3.8) is 0 Å². The number of ketones is 1. The molecule has 0 atom stereocenters. The van der Waals surface area contributed by atoms with Crippen molar-refractivity contribution >= 4 is 5.78 Å². The molecule has 0 spiro atoms. The molecule has 0 heterocycles. The molecular formula is C14H15F3O. The lowest BCUT2D eigenvalue weighted by atomic mass is 10.0. The minimum atomic E-state index is -4.25. The van der Waals surface area contributed by atoms with E-state index >= 15 is 0 Å². The molecule has 1 rings (SSSR count). The van der Waals surface area contributed by atoms with E-state index in [9.17, 15) is 18.0 Å².